The predicted octanol–water partition coefficient (Wildman–Crippen LogP) is 4.34. The van der Waals surface area contributed by atoms with Crippen molar-refractivity contribution in [1.29, 1.82) is 0 Å². The first-order chi connectivity index (χ1) is 11.2. The van der Waals surface area contributed by atoms with Gasteiger partial charge in [-0.15, -0.1) is 11.3 Å². The van der Waals surface area contributed by atoms with Gasteiger partial charge in [0.25, 0.3) is 5.91 Å². The van der Waals surface area contributed by atoms with Crippen molar-refractivity contribution in [2.75, 3.05) is 0 Å². The van der Waals surface area contributed by atoms with Crippen LogP contribution in [0.4, 0.5) is 0 Å². The minimum Gasteiger partial charge on any atom is -0.267 e. The van der Waals surface area contributed by atoms with Crippen LogP contribution >= 0.6 is 27.3 Å². The molecule has 1 heterocycles. The lowest BCUT2D eigenvalue weighted by molar-refractivity contribution is 0.0955. The van der Waals surface area contributed by atoms with Crippen LogP contribution in [0, 0.1) is 0 Å². The first-order valence-corrected chi connectivity index (χ1v) is 8.49. The largest absolute Gasteiger partial charge is 0.271 e. The van der Waals surface area contributed by atoms with Crippen molar-refractivity contribution in [3.8, 4) is 10.6 Å². The summed E-state index contributed by atoms with van der Waals surface area (Å²) < 4.78 is 1.01. The zero-order chi connectivity index (χ0) is 16.1. The Morgan fingerprint density at radius 2 is 2.00 bits per heavy atom. The number of hydrazone groups is 1. The highest BCUT2D eigenvalue weighted by Gasteiger charge is 2.05. The van der Waals surface area contributed by atoms with Gasteiger partial charge < -0.3 is 0 Å². The summed E-state index contributed by atoms with van der Waals surface area (Å²) in [5.41, 5.74) is 4.81. The van der Waals surface area contributed by atoms with Gasteiger partial charge in [-0.1, -0.05) is 46.3 Å². The Labute approximate surface area is 146 Å². The Hall–Kier alpha value is -2.31. The number of benzene rings is 2. The monoisotopic (exact) mass is 385 g/mol. The zero-order valence-electron chi connectivity index (χ0n) is 11.9. The van der Waals surface area contributed by atoms with Crippen molar-refractivity contribution in [3.05, 3.63) is 75.7 Å². The van der Waals surface area contributed by atoms with Crippen molar-refractivity contribution in [3.63, 3.8) is 0 Å². The van der Waals surface area contributed by atoms with Gasteiger partial charge in [0.1, 0.15) is 5.01 Å². The Kier molecular flexibility index (Phi) is 4.95. The van der Waals surface area contributed by atoms with Crippen LogP contribution in [0.1, 0.15) is 16.1 Å². The molecular formula is C17H12BrN3OS. The van der Waals surface area contributed by atoms with E-state index in [9.17, 15) is 4.79 Å². The Morgan fingerprint density at radius 1 is 1.17 bits per heavy atom. The molecule has 0 aliphatic rings. The van der Waals surface area contributed by atoms with Crippen LogP contribution in [-0.4, -0.2) is 17.1 Å². The van der Waals surface area contributed by atoms with Gasteiger partial charge in [0.05, 0.1) is 11.9 Å². The molecule has 0 aliphatic carbocycles. The summed E-state index contributed by atoms with van der Waals surface area (Å²) in [6.45, 7) is 0. The second-order valence-corrected chi connectivity index (χ2v) is 6.43. The van der Waals surface area contributed by atoms with E-state index in [4.69, 9.17) is 0 Å². The number of aromatic nitrogens is 1. The van der Waals surface area contributed by atoms with Gasteiger partial charge in [-0.3, -0.25) is 4.79 Å². The smallest absolute Gasteiger partial charge is 0.267 e. The topological polar surface area (TPSA) is 54.4 Å². The molecule has 0 atom stereocenters. The Bertz CT molecular complexity index is 846. The van der Waals surface area contributed by atoms with Crippen LogP contribution in [0.2, 0.25) is 0 Å². The third-order valence-electron chi connectivity index (χ3n) is 2.99. The number of carbonyl (C=O) groups excluding carboxylic acids is 1. The average Bonchev–Trinajstić information content (AvgIpc) is 3.04. The Balaban J connectivity index is 1.66. The maximum atomic E-state index is 11.9. The Morgan fingerprint density at radius 3 is 2.78 bits per heavy atom. The molecule has 1 amide bonds. The zero-order valence-corrected chi connectivity index (χ0v) is 14.3. The highest BCUT2D eigenvalue weighted by molar-refractivity contribution is 9.10. The molecule has 1 aromatic heterocycles. The number of rotatable bonds is 4. The third kappa shape index (κ3) is 4.12. The van der Waals surface area contributed by atoms with Gasteiger partial charge in [-0.05, 0) is 24.3 Å². The molecule has 6 heteroatoms. The van der Waals surface area contributed by atoms with Gasteiger partial charge in [-0.25, -0.2) is 10.4 Å². The maximum absolute atomic E-state index is 11.9. The molecule has 0 aliphatic heterocycles. The molecule has 0 saturated heterocycles. The second kappa shape index (κ2) is 7.30. The van der Waals surface area contributed by atoms with Gasteiger partial charge in [-0.2, -0.15) is 5.10 Å². The van der Waals surface area contributed by atoms with E-state index in [0.717, 1.165) is 15.0 Å². The summed E-state index contributed by atoms with van der Waals surface area (Å²) in [7, 11) is 0. The molecule has 3 rings (SSSR count). The fourth-order valence-electron chi connectivity index (χ4n) is 1.91. The van der Waals surface area contributed by atoms with Crippen molar-refractivity contribution < 1.29 is 4.79 Å². The fourth-order valence-corrected chi connectivity index (χ4v) is 3.08. The maximum Gasteiger partial charge on any atom is 0.271 e. The summed E-state index contributed by atoms with van der Waals surface area (Å²) in [6, 6.07) is 16.9. The first kappa shape index (κ1) is 15.6. The first-order valence-electron chi connectivity index (χ1n) is 6.82. The average molecular weight is 386 g/mol. The molecule has 4 nitrogen and oxygen atoms in total. The molecule has 3 aromatic rings. The molecule has 0 saturated carbocycles. The van der Waals surface area contributed by atoms with Crippen LogP contribution < -0.4 is 5.43 Å². The minimum atomic E-state index is -0.246. The van der Waals surface area contributed by atoms with Crippen molar-refractivity contribution in [2.24, 2.45) is 5.10 Å². The number of nitrogens with zero attached hydrogens (tertiary/aromatic N) is 2. The van der Waals surface area contributed by atoms with E-state index in [2.05, 4.69) is 31.4 Å². The number of carbonyl (C=O) groups is 1. The summed E-state index contributed by atoms with van der Waals surface area (Å²) in [5, 5.41) is 6.75. The van der Waals surface area contributed by atoms with Crippen molar-refractivity contribution >= 4 is 39.4 Å². The van der Waals surface area contributed by atoms with Gasteiger partial charge >= 0.3 is 0 Å². The van der Waals surface area contributed by atoms with Gasteiger partial charge in [0.2, 0.25) is 0 Å². The lowest BCUT2D eigenvalue weighted by atomic mass is 10.2. The quantitative estimate of drug-likeness (QED) is 0.536. The minimum absolute atomic E-state index is 0.246. The van der Waals surface area contributed by atoms with E-state index in [-0.39, 0.29) is 5.91 Å². The highest BCUT2D eigenvalue weighted by atomic mass is 79.9. The molecule has 0 radical (unpaired) electrons. The molecule has 114 valence electrons. The van der Waals surface area contributed by atoms with Crippen LogP contribution in [0.15, 0.2) is 69.6 Å². The molecular weight excluding hydrogens is 374 g/mol. The molecule has 0 unspecified atom stereocenters. The van der Waals surface area contributed by atoms with Crippen LogP contribution in [0.25, 0.3) is 10.6 Å². The fraction of sp³-hybridized carbons (Fsp3) is 0. The normalized spacial score (nSPS) is 10.8. The number of halogens is 1. The van der Waals surface area contributed by atoms with Gasteiger partial charge in [0.15, 0.2) is 0 Å². The molecule has 0 bridgehead atoms. The molecule has 0 spiro atoms. The number of amides is 1. The summed E-state index contributed by atoms with van der Waals surface area (Å²) in [5.74, 6) is -0.246. The van der Waals surface area contributed by atoms with E-state index in [1.54, 1.807) is 18.3 Å². The number of hydrogen-bond donors (Lipinski definition) is 1. The molecule has 23 heavy (non-hydrogen) atoms. The summed E-state index contributed by atoms with van der Waals surface area (Å²) in [4.78, 5) is 16.3. The van der Waals surface area contributed by atoms with E-state index < -0.39 is 0 Å². The standard InChI is InChI=1S/C17H12BrN3OS/c18-14-8-4-7-13(9-14)17-20-15(11-23-17)10-19-21-16(22)12-5-2-1-3-6-12/h1-11H,(H,21,22)/b19-10-. The van der Waals surface area contributed by atoms with Gasteiger partial charge in [0, 0.05) is 21.0 Å². The van der Waals surface area contributed by atoms with E-state index in [0.29, 0.717) is 11.3 Å². The second-order valence-electron chi connectivity index (χ2n) is 4.65. The molecule has 2 aromatic carbocycles. The molecule has 1 N–H and O–H groups in total. The number of thiazole rings is 1. The molecule has 0 fully saturated rings. The third-order valence-corrected chi connectivity index (χ3v) is 4.40. The van der Waals surface area contributed by atoms with E-state index in [1.807, 2.05) is 47.8 Å². The van der Waals surface area contributed by atoms with Crippen LogP contribution in [0.3, 0.4) is 0 Å². The summed E-state index contributed by atoms with van der Waals surface area (Å²) >= 11 is 4.98. The number of hydrogen-bond acceptors (Lipinski definition) is 4. The van der Waals surface area contributed by atoms with Crippen LogP contribution in [0.5, 0.6) is 0 Å². The van der Waals surface area contributed by atoms with E-state index in [1.165, 1.54) is 11.3 Å². The van der Waals surface area contributed by atoms with E-state index >= 15 is 0 Å². The highest BCUT2D eigenvalue weighted by Crippen LogP contribution is 2.25. The predicted molar refractivity (Wildman–Crippen MR) is 96.8 cm³/mol. The summed E-state index contributed by atoms with van der Waals surface area (Å²) in [6.07, 6.45) is 1.54. The van der Waals surface area contributed by atoms with Crippen molar-refractivity contribution in [1.82, 2.24) is 10.4 Å². The number of nitrogens with one attached hydrogen (secondary N) is 1. The van der Waals surface area contributed by atoms with Crippen molar-refractivity contribution in [2.45, 2.75) is 0 Å². The lowest BCUT2D eigenvalue weighted by Crippen LogP contribution is -2.17. The lowest BCUT2D eigenvalue weighted by Gasteiger charge is -1.98. The SMILES string of the molecule is O=C(N/N=C\c1csc(-c2cccc(Br)c2)n1)c1ccccc1. The van der Waals surface area contributed by atoms with Crippen LogP contribution in [-0.2, 0) is 0 Å².